The lowest BCUT2D eigenvalue weighted by Crippen LogP contribution is -2.38. The smallest absolute Gasteiger partial charge is 0.223 e. The first-order valence-corrected chi connectivity index (χ1v) is 10.1. The van der Waals surface area contributed by atoms with Gasteiger partial charge in [-0.1, -0.05) is 30.3 Å². The molecule has 7 heteroatoms. The van der Waals surface area contributed by atoms with E-state index < -0.39 is 0 Å². The van der Waals surface area contributed by atoms with Crippen molar-refractivity contribution in [2.45, 2.75) is 26.2 Å². The number of benzene rings is 1. The summed E-state index contributed by atoms with van der Waals surface area (Å²) in [6, 6.07) is 14.2. The Morgan fingerprint density at radius 2 is 2.00 bits per heavy atom. The number of furan rings is 1. The fourth-order valence-electron chi connectivity index (χ4n) is 3.42. The number of rotatable bonds is 9. The zero-order valence-corrected chi connectivity index (χ0v) is 19.3. The molecule has 158 valence electrons. The summed E-state index contributed by atoms with van der Waals surface area (Å²) in [5.74, 6) is 2.28. The Kier molecular flexibility index (Phi) is 10.0. The Morgan fingerprint density at radius 3 is 2.72 bits per heavy atom. The monoisotopic (exact) mass is 510 g/mol. The fourth-order valence-corrected chi connectivity index (χ4v) is 3.42. The molecule has 1 saturated heterocycles. The van der Waals surface area contributed by atoms with Gasteiger partial charge in [-0.2, -0.15) is 0 Å². The largest absolute Gasteiger partial charge is 0.469 e. The van der Waals surface area contributed by atoms with Crippen LogP contribution in [0.1, 0.15) is 24.7 Å². The molecule has 0 saturated carbocycles. The van der Waals surface area contributed by atoms with E-state index in [0.717, 1.165) is 50.7 Å². The van der Waals surface area contributed by atoms with Gasteiger partial charge >= 0.3 is 0 Å². The molecule has 29 heavy (non-hydrogen) atoms. The van der Waals surface area contributed by atoms with Crippen molar-refractivity contribution in [1.82, 2.24) is 15.5 Å². The van der Waals surface area contributed by atoms with Crippen molar-refractivity contribution >= 4 is 35.8 Å². The second-order valence-electron chi connectivity index (χ2n) is 7.12. The lowest BCUT2D eigenvalue weighted by Gasteiger charge is -2.16. The molecule has 1 fully saturated rings. The van der Waals surface area contributed by atoms with E-state index in [0.29, 0.717) is 13.0 Å². The van der Waals surface area contributed by atoms with Crippen molar-refractivity contribution in [3.63, 3.8) is 0 Å². The molecule has 1 aliphatic rings. The number of guanidine groups is 1. The lowest BCUT2D eigenvalue weighted by atomic mass is 10.1. The van der Waals surface area contributed by atoms with E-state index in [1.807, 2.05) is 42.2 Å². The van der Waals surface area contributed by atoms with E-state index in [-0.39, 0.29) is 35.8 Å². The highest BCUT2D eigenvalue weighted by Gasteiger charge is 2.28. The second kappa shape index (κ2) is 12.5. The first-order valence-electron chi connectivity index (χ1n) is 10.1. The Morgan fingerprint density at radius 1 is 1.17 bits per heavy atom. The van der Waals surface area contributed by atoms with Gasteiger partial charge in [0.2, 0.25) is 5.91 Å². The topological polar surface area (TPSA) is 69.9 Å². The summed E-state index contributed by atoms with van der Waals surface area (Å²) in [4.78, 5) is 19.0. The van der Waals surface area contributed by atoms with E-state index in [1.165, 1.54) is 5.56 Å². The minimum atomic E-state index is 0. The van der Waals surface area contributed by atoms with Crippen LogP contribution in [-0.4, -0.2) is 49.5 Å². The molecule has 1 unspecified atom stereocenters. The zero-order valence-electron chi connectivity index (χ0n) is 17.0. The molecule has 0 radical (unpaired) electrons. The lowest BCUT2D eigenvalue weighted by molar-refractivity contribution is -0.127. The molecule has 3 rings (SSSR count). The van der Waals surface area contributed by atoms with Crippen molar-refractivity contribution in [3.8, 4) is 0 Å². The van der Waals surface area contributed by atoms with Crippen molar-refractivity contribution in [2.75, 3.05) is 32.7 Å². The quantitative estimate of drug-likeness (QED) is 0.309. The highest BCUT2D eigenvalue weighted by Crippen LogP contribution is 2.18. The number of nitrogens with zero attached hydrogens (tertiary/aromatic N) is 2. The zero-order chi connectivity index (χ0) is 19.6. The van der Waals surface area contributed by atoms with Gasteiger partial charge in [0.25, 0.3) is 0 Å². The van der Waals surface area contributed by atoms with Crippen molar-refractivity contribution in [2.24, 2.45) is 10.9 Å². The van der Waals surface area contributed by atoms with Gasteiger partial charge in [0.15, 0.2) is 5.96 Å². The molecule has 2 N–H and O–H groups in total. The SMILES string of the molecule is CCNC(=NCC1CC(=O)N(CCc2ccccc2)C1)NCCc1ccco1.I. The Hall–Kier alpha value is -2.03. The average Bonchev–Trinajstić information content (AvgIpc) is 3.35. The van der Waals surface area contributed by atoms with Crippen LogP contribution in [0.5, 0.6) is 0 Å². The van der Waals surface area contributed by atoms with Crippen LogP contribution in [0.2, 0.25) is 0 Å². The number of carbonyl (C=O) groups is 1. The molecular weight excluding hydrogens is 479 g/mol. The van der Waals surface area contributed by atoms with Crippen LogP contribution in [0.15, 0.2) is 58.1 Å². The van der Waals surface area contributed by atoms with Gasteiger partial charge in [0.05, 0.1) is 6.26 Å². The molecule has 6 nitrogen and oxygen atoms in total. The number of carbonyl (C=O) groups excluding carboxylic acids is 1. The fraction of sp³-hybridized carbons (Fsp3) is 0.455. The summed E-state index contributed by atoms with van der Waals surface area (Å²) < 4.78 is 5.35. The maximum Gasteiger partial charge on any atom is 0.223 e. The summed E-state index contributed by atoms with van der Waals surface area (Å²) in [5, 5.41) is 6.60. The molecule has 2 aromatic rings. The number of aliphatic imine (C=N–C) groups is 1. The summed E-state index contributed by atoms with van der Waals surface area (Å²) in [7, 11) is 0. The predicted molar refractivity (Wildman–Crippen MR) is 127 cm³/mol. The highest BCUT2D eigenvalue weighted by molar-refractivity contribution is 14.0. The van der Waals surface area contributed by atoms with Crippen LogP contribution in [0, 0.1) is 5.92 Å². The van der Waals surface area contributed by atoms with Crippen LogP contribution in [-0.2, 0) is 17.6 Å². The minimum absolute atomic E-state index is 0. The van der Waals surface area contributed by atoms with E-state index in [4.69, 9.17) is 4.42 Å². The van der Waals surface area contributed by atoms with E-state index >= 15 is 0 Å². The molecule has 1 amide bonds. The molecule has 0 spiro atoms. The number of amides is 1. The maximum absolute atomic E-state index is 12.3. The molecule has 1 atom stereocenters. The van der Waals surface area contributed by atoms with Crippen molar-refractivity contribution in [1.29, 1.82) is 0 Å². The number of hydrogen-bond donors (Lipinski definition) is 2. The van der Waals surface area contributed by atoms with E-state index in [1.54, 1.807) is 6.26 Å². The van der Waals surface area contributed by atoms with Crippen molar-refractivity contribution in [3.05, 3.63) is 60.1 Å². The number of nitrogens with one attached hydrogen (secondary N) is 2. The number of likely N-dealkylation sites (tertiary alicyclic amines) is 1. The third-order valence-electron chi connectivity index (χ3n) is 4.90. The van der Waals surface area contributed by atoms with Crippen molar-refractivity contribution < 1.29 is 9.21 Å². The Labute approximate surface area is 190 Å². The van der Waals surface area contributed by atoms with E-state index in [9.17, 15) is 4.79 Å². The van der Waals surface area contributed by atoms with Crippen LogP contribution < -0.4 is 10.6 Å². The molecule has 1 aromatic carbocycles. The summed E-state index contributed by atoms with van der Waals surface area (Å²) in [5.41, 5.74) is 1.27. The number of hydrogen-bond acceptors (Lipinski definition) is 3. The van der Waals surface area contributed by atoms with Crippen LogP contribution >= 0.6 is 24.0 Å². The molecular formula is C22H31IN4O2. The predicted octanol–water partition coefficient (Wildman–Crippen LogP) is 3.09. The van der Waals surface area contributed by atoms with Gasteiger partial charge in [0.1, 0.15) is 5.76 Å². The molecule has 1 aromatic heterocycles. The van der Waals surface area contributed by atoms with Gasteiger partial charge in [-0.25, -0.2) is 0 Å². The molecule has 0 bridgehead atoms. The summed E-state index contributed by atoms with van der Waals surface area (Å²) >= 11 is 0. The summed E-state index contributed by atoms with van der Waals surface area (Å²) in [6.45, 7) is 5.84. The third kappa shape index (κ3) is 7.72. The standard InChI is InChI=1S/C22H30N4O2.HI/c1-2-23-22(24-12-10-20-9-6-14-28-20)25-16-19-15-21(27)26(17-19)13-11-18-7-4-3-5-8-18;/h3-9,14,19H,2,10-13,15-17H2,1H3,(H2,23,24,25);1H. The molecule has 0 aliphatic carbocycles. The van der Waals surface area contributed by atoms with Crippen LogP contribution in [0.4, 0.5) is 0 Å². The van der Waals surface area contributed by atoms with Gasteiger partial charge in [-0.3, -0.25) is 9.79 Å². The van der Waals surface area contributed by atoms with Crippen LogP contribution in [0.3, 0.4) is 0 Å². The first-order chi connectivity index (χ1) is 13.7. The molecule has 2 heterocycles. The first kappa shape index (κ1) is 23.3. The second-order valence-corrected chi connectivity index (χ2v) is 7.12. The van der Waals surface area contributed by atoms with Gasteiger partial charge in [0, 0.05) is 51.5 Å². The Balaban J connectivity index is 0.00000300. The summed E-state index contributed by atoms with van der Waals surface area (Å²) in [6.07, 6.45) is 3.99. The molecule has 1 aliphatic heterocycles. The van der Waals surface area contributed by atoms with Gasteiger partial charge in [-0.05, 0) is 31.0 Å². The number of halogens is 1. The highest BCUT2D eigenvalue weighted by atomic mass is 127. The van der Waals surface area contributed by atoms with Crippen LogP contribution in [0.25, 0.3) is 0 Å². The Bertz CT molecular complexity index is 749. The minimum Gasteiger partial charge on any atom is -0.469 e. The normalized spacial score (nSPS) is 16.6. The third-order valence-corrected chi connectivity index (χ3v) is 4.90. The van der Waals surface area contributed by atoms with E-state index in [2.05, 4.69) is 27.8 Å². The maximum atomic E-state index is 12.3. The van der Waals surface area contributed by atoms with Gasteiger partial charge < -0.3 is 20.0 Å². The van der Waals surface area contributed by atoms with Gasteiger partial charge in [-0.15, -0.1) is 24.0 Å². The average molecular weight is 510 g/mol.